The lowest BCUT2D eigenvalue weighted by atomic mass is 10.2. The van der Waals surface area contributed by atoms with E-state index >= 15 is 0 Å². The lowest BCUT2D eigenvalue weighted by molar-refractivity contribution is -0.144. The van der Waals surface area contributed by atoms with Crippen molar-refractivity contribution >= 4 is 23.4 Å². The fraction of sp³-hybridized carbons (Fsp3) is 0.100. The standard InChI is InChI=1S/C10H8F3N5OS/c11-10(12,13)8-16-9(18-17-8)20-6-2-1-4(7(15)19)3-5(6)14/h1-3H,14H2,(H2,15,19)(H,16,17,18). The van der Waals surface area contributed by atoms with Crippen molar-refractivity contribution in [3.05, 3.63) is 29.6 Å². The number of halogens is 3. The molecule has 0 aliphatic rings. The first-order valence-electron chi connectivity index (χ1n) is 5.14. The molecule has 1 aromatic heterocycles. The summed E-state index contributed by atoms with van der Waals surface area (Å²) in [5.41, 5.74) is 11.2. The number of rotatable bonds is 3. The van der Waals surface area contributed by atoms with Crippen LogP contribution in [0, 0.1) is 0 Å². The molecular weight excluding hydrogens is 295 g/mol. The number of nitrogens with two attached hydrogens (primary N) is 2. The molecule has 0 unspecified atom stereocenters. The molecule has 0 fully saturated rings. The van der Waals surface area contributed by atoms with Crippen LogP contribution in [0.5, 0.6) is 0 Å². The Bertz CT molecular complexity index is 655. The van der Waals surface area contributed by atoms with Crippen LogP contribution in [0.4, 0.5) is 18.9 Å². The number of carbonyl (C=O) groups excluding carboxylic acids is 1. The van der Waals surface area contributed by atoms with Crippen LogP contribution in [0.1, 0.15) is 16.2 Å². The normalized spacial score (nSPS) is 11.6. The summed E-state index contributed by atoms with van der Waals surface area (Å²) in [6.45, 7) is 0. The molecule has 6 nitrogen and oxygen atoms in total. The van der Waals surface area contributed by atoms with Crippen molar-refractivity contribution in [2.75, 3.05) is 5.73 Å². The summed E-state index contributed by atoms with van der Waals surface area (Å²) in [6, 6.07) is 4.21. The molecule has 0 radical (unpaired) electrons. The molecule has 2 aromatic rings. The van der Waals surface area contributed by atoms with Crippen LogP contribution in [-0.4, -0.2) is 21.1 Å². The Morgan fingerprint density at radius 1 is 1.35 bits per heavy atom. The number of carbonyl (C=O) groups is 1. The van der Waals surface area contributed by atoms with Gasteiger partial charge in [-0.3, -0.25) is 9.89 Å². The summed E-state index contributed by atoms with van der Waals surface area (Å²) in [5.74, 6) is -1.84. The summed E-state index contributed by atoms with van der Waals surface area (Å²) >= 11 is 0.841. The molecule has 1 aromatic carbocycles. The van der Waals surface area contributed by atoms with Crippen LogP contribution < -0.4 is 11.5 Å². The van der Waals surface area contributed by atoms with Gasteiger partial charge in [-0.15, -0.1) is 5.10 Å². The SMILES string of the molecule is NC(=O)c1ccc(Sc2n[nH]c(C(F)(F)F)n2)c(N)c1. The largest absolute Gasteiger partial charge is 0.451 e. The van der Waals surface area contributed by atoms with Gasteiger partial charge in [0.25, 0.3) is 0 Å². The van der Waals surface area contributed by atoms with Crippen molar-refractivity contribution in [3.63, 3.8) is 0 Å². The van der Waals surface area contributed by atoms with Gasteiger partial charge in [0.1, 0.15) is 0 Å². The van der Waals surface area contributed by atoms with Crippen LogP contribution in [0.15, 0.2) is 28.3 Å². The summed E-state index contributed by atoms with van der Waals surface area (Å²) in [6.07, 6.45) is -4.59. The molecule has 0 bridgehead atoms. The van der Waals surface area contributed by atoms with Gasteiger partial charge >= 0.3 is 6.18 Å². The fourth-order valence-electron chi connectivity index (χ4n) is 1.31. The van der Waals surface area contributed by atoms with E-state index in [1.165, 1.54) is 18.2 Å². The van der Waals surface area contributed by atoms with Crippen LogP contribution in [0.25, 0.3) is 0 Å². The van der Waals surface area contributed by atoms with Gasteiger partial charge in [-0.1, -0.05) is 0 Å². The number of hydrogen-bond acceptors (Lipinski definition) is 5. The first-order chi connectivity index (χ1) is 9.27. The maximum absolute atomic E-state index is 12.3. The molecule has 0 aliphatic heterocycles. The number of hydrogen-bond donors (Lipinski definition) is 3. The zero-order chi connectivity index (χ0) is 14.9. The van der Waals surface area contributed by atoms with Gasteiger partial charge in [0.15, 0.2) is 0 Å². The Morgan fingerprint density at radius 2 is 2.05 bits per heavy atom. The summed E-state index contributed by atoms with van der Waals surface area (Å²) in [7, 11) is 0. The molecule has 2 rings (SSSR count). The second-order valence-corrected chi connectivity index (χ2v) is 4.69. The predicted molar refractivity (Wildman–Crippen MR) is 64.9 cm³/mol. The smallest absolute Gasteiger partial charge is 0.398 e. The van der Waals surface area contributed by atoms with Crippen LogP contribution in [0.3, 0.4) is 0 Å². The highest BCUT2D eigenvalue weighted by Crippen LogP contribution is 2.32. The minimum atomic E-state index is -4.59. The lowest BCUT2D eigenvalue weighted by Crippen LogP contribution is -2.11. The average Bonchev–Trinajstić information content (AvgIpc) is 2.80. The zero-order valence-corrected chi connectivity index (χ0v) is 10.5. The Morgan fingerprint density at radius 3 is 2.55 bits per heavy atom. The molecule has 1 amide bonds. The Labute approximate surface area is 114 Å². The van der Waals surface area contributed by atoms with E-state index in [-0.39, 0.29) is 16.4 Å². The van der Waals surface area contributed by atoms with Crippen molar-refractivity contribution < 1.29 is 18.0 Å². The van der Waals surface area contributed by atoms with E-state index in [0.717, 1.165) is 11.8 Å². The number of anilines is 1. The van der Waals surface area contributed by atoms with Crippen LogP contribution in [0.2, 0.25) is 0 Å². The Balaban J connectivity index is 2.22. The number of benzene rings is 1. The first-order valence-corrected chi connectivity index (χ1v) is 5.96. The van der Waals surface area contributed by atoms with Gasteiger partial charge in [0.05, 0.1) is 0 Å². The third kappa shape index (κ3) is 3.02. The van der Waals surface area contributed by atoms with E-state index in [1.807, 2.05) is 0 Å². The summed E-state index contributed by atoms with van der Waals surface area (Å²) < 4.78 is 37.0. The Kier molecular flexibility index (Phi) is 3.57. The van der Waals surface area contributed by atoms with E-state index in [2.05, 4.69) is 10.1 Å². The van der Waals surface area contributed by atoms with Gasteiger partial charge in [0.2, 0.25) is 16.9 Å². The number of alkyl halides is 3. The van der Waals surface area contributed by atoms with Crippen LogP contribution >= 0.6 is 11.8 Å². The fourth-order valence-corrected chi connectivity index (χ4v) is 2.05. The summed E-state index contributed by atoms with van der Waals surface area (Å²) in [5, 5.41) is 5.10. The average molecular weight is 303 g/mol. The minimum absolute atomic E-state index is 0.129. The number of nitrogen functional groups attached to an aromatic ring is 1. The second-order valence-electron chi connectivity index (χ2n) is 3.68. The molecular formula is C10H8F3N5OS. The number of amides is 1. The molecule has 20 heavy (non-hydrogen) atoms. The van der Waals surface area contributed by atoms with Gasteiger partial charge in [-0.25, -0.2) is 0 Å². The lowest BCUT2D eigenvalue weighted by Gasteiger charge is -2.04. The van der Waals surface area contributed by atoms with E-state index < -0.39 is 17.9 Å². The van der Waals surface area contributed by atoms with Crippen molar-refractivity contribution in [2.24, 2.45) is 5.73 Å². The van der Waals surface area contributed by atoms with Crippen molar-refractivity contribution in [1.82, 2.24) is 15.2 Å². The monoisotopic (exact) mass is 303 g/mol. The van der Waals surface area contributed by atoms with E-state index in [1.54, 1.807) is 5.10 Å². The highest BCUT2D eigenvalue weighted by molar-refractivity contribution is 7.99. The molecule has 0 saturated heterocycles. The van der Waals surface area contributed by atoms with Crippen LogP contribution in [-0.2, 0) is 6.18 Å². The highest BCUT2D eigenvalue weighted by Gasteiger charge is 2.35. The second kappa shape index (κ2) is 5.04. The number of H-pyrrole nitrogens is 1. The van der Waals surface area contributed by atoms with E-state index in [0.29, 0.717) is 4.90 Å². The van der Waals surface area contributed by atoms with Gasteiger partial charge in [-0.2, -0.15) is 18.2 Å². The molecule has 5 N–H and O–H groups in total. The van der Waals surface area contributed by atoms with E-state index in [4.69, 9.17) is 11.5 Å². The maximum atomic E-state index is 12.3. The molecule has 0 saturated carbocycles. The number of primary amides is 1. The van der Waals surface area contributed by atoms with Gasteiger partial charge < -0.3 is 11.5 Å². The predicted octanol–water partition coefficient (Wildman–Crippen LogP) is 1.66. The third-order valence-corrected chi connectivity index (χ3v) is 3.19. The third-order valence-electron chi connectivity index (χ3n) is 2.23. The number of aromatic amines is 1. The molecule has 10 heteroatoms. The molecule has 1 heterocycles. The molecule has 0 spiro atoms. The molecule has 0 atom stereocenters. The van der Waals surface area contributed by atoms with Gasteiger partial charge in [0, 0.05) is 16.1 Å². The van der Waals surface area contributed by atoms with Crippen molar-refractivity contribution in [3.8, 4) is 0 Å². The van der Waals surface area contributed by atoms with Crippen molar-refractivity contribution in [2.45, 2.75) is 16.2 Å². The highest BCUT2D eigenvalue weighted by atomic mass is 32.2. The number of nitrogens with zero attached hydrogens (tertiary/aromatic N) is 2. The minimum Gasteiger partial charge on any atom is -0.398 e. The zero-order valence-electron chi connectivity index (χ0n) is 9.73. The summed E-state index contributed by atoms with van der Waals surface area (Å²) in [4.78, 5) is 14.7. The Hall–Kier alpha value is -2.23. The molecule has 106 valence electrons. The van der Waals surface area contributed by atoms with Crippen molar-refractivity contribution in [1.29, 1.82) is 0 Å². The molecule has 0 aliphatic carbocycles. The number of aromatic nitrogens is 3. The number of nitrogens with one attached hydrogen (secondary N) is 1. The van der Waals surface area contributed by atoms with Gasteiger partial charge in [-0.05, 0) is 30.0 Å². The topological polar surface area (TPSA) is 111 Å². The maximum Gasteiger partial charge on any atom is 0.451 e. The van der Waals surface area contributed by atoms with E-state index in [9.17, 15) is 18.0 Å². The quantitative estimate of drug-likeness (QED) is 0.747. The first kappa shape index (κ1) is 14.2.